The first kappa shape index (κ1) is 15.2. The largest absolute Gasteiger partial charge is 0.485 e. The number of rotatable bonds is 4. The third kappa shape index (κ3) is 3.35. The lowest BCUT2D eigenvalue weighted by Gasteiger charge is -2.12. The lowest BCUT2D eigenvalue weighted by molar-refractivity contribution is -0.145. The van der Waals surface area contributed by atoms with Gasteiger partial charge in [-0.15, -0.1) is 0 Å². The van der Waals surface area contributed by atoms with Gasteiger partial charge in [-0.3, -0.25) is 0 Å². The van der Waals surface area contributed by atoms with Crippen LogP contribution in [0.1, 0.15) is 11.7 Å². The van der Waals surface area contributed by atoms with Gasteiger partial charge in [0.15, 0.2) is 12.7 Å². The molecule has 0 N–H and O–H groups in total. The van der Waals surface area contributed by atoms with Crippen LogP contribution < -0.4 is 4.74 Å². The molecule has 1 saturated heterocycles. The van der Waals surface area contributed by atoms with Crippen LogP contribution in [0.25, 0.3) is 0 Å². The van der Waals surface area contributed by atoms with Crippen molar-refractivity contribution in [1.29, 1.82) is 0 Å². The molecule has 1 heterocycles. The van der Waals surface area contributed by atoms with Crippen LogP contribution in [0.15, 0.2) is 48.5 Å². The van der Waals surface area contributed by atoms with Gasteiger partial charge in [0, 0.05) is 5.02 Å². The van der Waals surface area contributed by atoms with E-state index in [1.54, 1.807) is 18.2 Å². The fourth-order valence-corrected chi connectivity index (χ4v) is 2.56. The molecule has 0 spiro atoms. The normalized spacial score (nSPS) is 20.7. The quantitative estimate of drug-likeness (QED) is 0.790. The van der Waals surface area contributed by atoms with Crippen LogP contribution in [0, 0.1) is 0 Å². The van der Waals surface area contributed by atoms with E-state index in [-0.39, 0.29) is 6.61 Å². The molecule has 0 amide bonds. The average Bonchev–Trinajstić information content (AvgIpc) is 2.88. The first-order chi connectivity index (χ1) is 10.6. The molecule has 114 valence electrons. The molecule has 0 aliphatic carbocycles. The molecule has 0 unspecified atom stereocenters. The molecule has 4 nitrogen and oxygen atoms in total. The Bertz CT molecular complexity index is 675. The summed E-state index contributed by atoms with van der Waals surface area (Å²) in [5, 5.41) is 0.904. The van der Waals surface area contributed by atoms with Gasteiger partial charge >= 0.3 is 5.97 Å². The number of halogens is 2. The fourth-order valence-electron chi connectivity index (χ4n) is 2.09. The van der Waals surface area contributed by atoms with Crippen molar-refractivity contribution in [2.24, 2.45) is 0 Å². The van der Waals surface area contributed by atoms with Crippen molar-refractivity contribution >= 4 is 29.2 Å². The van der Waals surface area contributed by atoms with Crippen LogP contribution in [0.2, 0.25) is 10.0 Å². The van der Waals surface area contributed by atoms with Crippen LogP contribution in [0.5, 0.6) is 5.75 Å². The highest BCUT2D eigenvalue weighted by Crippen LogP contribution is 2.30. The maximum absolute atomic E-state index is 11.9. The molecule has 2 aromatic rings. The second-order valence-electron chi connectivity index (χ2n) is 4.68. The fraction of sp³-hybridized carbons (Fsp3) is 0.188. The van der Waals surface area contributed by atoms with Crippen LogP contribution in [-0.2, 0) is 14.3 Å². The standard InChI is InChI=1S/C16H12Cl2O4/c17-11-6-7-13(12(18)8-11)20-9-14-21-15(16(19)22-14)10-4-2-1-3-5-10/h1-8,14-15H,9H2/t14-,15-/m0/s1. The monoisotopic (exact) mass is 338 g/mol. The van der Waals surface area contributed by atoms with Gasteiger partial charge in [0.1, 0.15) is 5.75 Å². The van der Waals surface area contributed by atoms with Gasteiger partial charge in [0.25, 0.3) is 0 Å². The second kappa shape index (κ2) is 6.57. The summed E-state index contributed by atoms with van der Waals surface area (Å²) in [6, 6.07) is 14.1. The molecule has 22 heavy (non-hydrogen) atoms. The Balaban J connectivity index is 1.62. The molecule has 6 heteroatoms. The lowest BCUT2D eigenvalue weighted by atomic mass is 10.1. The molecular formula is C16H12Cl2O4. The zero-order valence-electron chi connectivity index (χ0n) is 11.4. The summed E-state index contributed by atoms with van der Waals surface area (Å²) < 4.78 is 16.3. The van der Waals surface area contributed by atoms with Crippen LogP contribution in [0.4, 0.5) is 0 Å². The van der Waals surface area contributed by atoms with Gasteiger partial charge in [0.2, 0.25) is 6.29 Å². The van der Waals surface area contributed by atoms with Gasteiger partial charge in [-0.1, -0.05) is 53.5 Å². The van der Waals surface area contributed by atoms with E-state index in [9.17, 15) is 4.79 Å². The number of hydrogen-bond donors (Lipinski definition) is 0. The summed E-state index contributed by atoms with van der Waals surface area (Å²) in [6.07, 6.45) is -1.50. The predicted octanol–water partition coefficient (Wildman–Crippen LogP) is 4.01. The summed E-state index contributed by atoms with van der Waals surface area (Å²) in [7, 11) is 0. The summed E-state index contributed by atoms with van der Waals surface area (Å²) >= 11 is 11.8. The molecule has 1 fully saturated rings. The third-order valence-electron chi connectivity index (χ3n) is 3.12. The van der Waals surface area contributed by atoms with Crippen molar-refractivity contribution in [3.05, 3.63) is 64.1 Å². The molecule has 3 rings (SSSR count). The highest BCUT2D eigenvalue weighted by atomic mass is 35.5. The Morgan fingerprint density at radius 2 is 1.86 bits per heavy atom. The zero-order chi connectivity index (χ0) is 15.5. The molecule has 2 aromatic carbocycles. The Morgan fingerprint density at radius 1 is 1.09 bits per heavy atom. The zero-order valence-corrected chi connectivity index (χ0v) is 12.9. The van der Waals surface area contributed by atoms with Crippen molar-refractivity contribution in [3.63, 3.8) is 0 Å². The minimum atomic E-state index is -0.774. The maximum Gasteiger partial charge on any atom is 0.342 e. The van der Waals surface area contributed by atoms with Crippen LogP contribution >= 0.6 is 23.2 Å². The Morgan fingerprint density at radius 3 is 2.59 bits per heavy atom. The van der Waals surface area contributed by atoms with E-state index in [4.69, 9.17) is 37.4 Å². The molecule has 1 aliphatic heterocycles. The van der Waals surface area contributed by atoms with E-state index in [1.807, 2.05) is 30.3 Å². The highest BCUT2D eigenvalue weighted by Gasteiger charge is 2.36. The average molecular weight is 339 g/mol. The van der Waals surface area contributed by atoms with E-state index in [2.05, 4.69) is 0 Å². The second-order valence-corrected chi connectivity index (χ2v) is 5.52. The summed E-state index contributed by atoms with van der Waals surface area (Å²) in [5.74, 6) is 0.0240. The highest BCUT2D eigenvalue weighted by molar-refractivity contribution is 6.35. The predicted molar refractivity (Wildman–Crippen MR) is 82.1 cm³/mol. The Labute approximate surface area is 137 Å². The van der Waals surface area contributed by atoms with E-state index in [1.165, 1.54) is 0 Å². The number of esters is 1. The number of benzene rings is 2. The van der Waals surface area contributed by atoms with Gasteiger partial charge in [-0.05, 0) is 23.8 Å². The summed E-state index contributed by atoms with van der Waals surface area (Å²) in [4.78, 5) is 11.9. The molecule has 1 aliphatic rings. The molecule has 2 atom stereocenters. The number of carbonyl (C=O) groups excluding carboxylic acids is 1. The summed E-state index contributed by atoms with van der Waals surface area (Å²) in [5.41, 5.74) is 0.750. The Kier molecular flexibility index (Phi) is 4.52. The molecule has 0 aromatic heterocycles. The summed E-state index contributed by atoms with van der Waals surface area (Å²) in [6.45, 7) is 0.0520. The van der Waals surface area contributed by atoms with Gasteiger partial charge in [0.05, 0.1) is 5.02 Å². The van der Waals surface area contributed by atoms with Crippen molar-refractivity contribution in [2.75, 3.05) is 6.61 Å². The van der Waals surface area contributed by atoms with E-state index in [0.29, 0.717) is 15.8 Å². The number of hydrogen-bond acceptors (Lipinski definition) is 4. The number of ether oxygens (including phenoxy) is 3. The van der Waals surface area contributed by atoms with Crippen molar-refractivity contribution in [2.45, 2.75) is 12.4 Å². The minimum Gasteiger partial charge on any atom is -0.485 e. The smallest absolute Gasteiger partial charge is 0.342 e. The SMILES string of the molecule is O=C1O[C@@H](COc2ccc(Cl)cc2Cl)O[C@H]1c1ccccc1. The van der Waals surface area contributed by atoms with Crippen LogP contribution in [-0.4, -0.2) is 18.9 Å². The third-order valence-corrected chi connectivity index (χ3v) is 3.65. The van der Waals surface area contributed by atoms with Crippen molar-refractivity contribution in [3.8, 4) is 5.75 Å². The number of cyclic esters (lactones) is 1. The topological polar surface area (TPSA) is 44.8 Å². The molecular weight excluding hydrogens is 327 g/mol. The van der Waals surface area contributed by atoms with Gasteiger partial charge in [-0.25, -0.2) is 4.79 Å². The van der Waals surface area contributed by atoms with E-state index < -0.39 is 18.4 Å². The van der Waals surface area contributed by atoms with Crippen molar-refractivity contribution in [1.82, 2.24) is 0 Å². The van der Waals surface area contributed by atoms with Crippen LogP contribution in [0.3, 0.4) is 0 Å². The molecule has 0 bridgehead atoms. The molecule has 0 saturated carbocycles. The van der Waals surface area contributed by atoms with Gasteiger partial charge < -0.3 is 14.2 Å². The van der Waals surface area contributed by atoms with E-state index in [0.717, 1.165) is 5.56 Å². The lowest BCUT2D eigenvalue weighted by Crippen LogP contribution is -2.19. The first-order valence-corrected chi connectivity index (χ1v) is 7.38. The van der Waals surface area contributed by atoms with Gasteiger partial charge in [-0.2, -0.15) is 0 Å². The van der Waals surface area contributed by atoms with Crippen molar-refractivity contribution < 1.29 is 19.0 Å². The number of carbonyl (C=O) groups is 1. The molecule has 0 radical (unpaired) electrons. The first-order valence-electron chi connectivity index (χ1n) is 6.62. The maximum atomic E-state index is 11.9. The minimum absolute atomic E-state index is 0.0520. The Hall–Kier alpha value is -1.75. The van der Waals surface area contributed by atoms with E-state index >= 15 is 0 Å².